The van der Waals surface area contributed by atoms with Gasteiger partial charge in [0.1, 0.15) is 0 Å². The molecule has 0 aromatic heterocycles. The van der Waals surface area contributed by atoms with Gasteiger partial charge in [-0.3, -0.25) is 0 Å². The normalized spacial score (nSPS) is 45.1. The second kappa shape index (κ2) is 7.23. The average molecular weight is 435 g/mol. The van der Waals surface area contributed by atoms with Gasteiger partial charge in [0, 0.05) is 6.42 Å². The quantitative estimate of drug-likeness (QED) is 0.424. The van der Waals surface area contributed by atoms with Crippen LogP contribution in [0, 0.1) is 34.5 Å². The van der Waals surface area contributed by atoms with Gasteiger partial charge in [-0.2, -0.15) is 0 Å². The fraction of sp³-hybridized carbons (Fsp3) is 0.920. The van der Waals surface area contributed by atoms with E-state index in [1.807, 2.05) is 0 Å². The minimum absolute atomic E-state index is 0.432. The Hall–Kier alpha value is -0.0662. The van der Waals surface area contributed by atoms with Crippen LogP contribution in [0.3, 0.4) is 0 Å². The van der Waals surface area contributed by atoms with Crippen molar-refractivity contribution in [2.75, 3.05) is 0 Å². The van der Waals surface area contributed by atoms with E-state index in [9.17, 15) is 0 Å². The lowest BCUT2D eigenvalue weighted by molar-refractivity contribution is -0.103. The Morgan fingerprint density at radius 2 is 1.48 bits per heavy atom. The molecule has 0 bridgehead atoms. The van der Waals surface area contributed by atoms with Crippen molar-refractivity contribution < 1.29 is 8.85 Å². The number of fused-ring (bicyclic) bond motifs is 5. The molecule has 0 amide bonds. The maximum atomic E-state index is 6.76. The number of allylic oxidation sites excluding steroid dienone is 2. The van der Waals surface area contributed by atoms with Crippen LogP contribution in [0.1, 0.15) is 65.2 Å². The maximum absolute atomic E-state index is 6.76. The smallest absolute Gasteiger partial charge is 0.241 e. The first-order valence-electron chi connectivity index (χ1n) is 12.4. The van der Waals surface area contributed by atoms with Crippen molar-refractivity contribution in [3.05, 3.63) is 11.8 Å². The van der Waals surface area contributed by atoms with Crippen molar-refractivity contribution in [3.8, 4) is 0 Å². The lowest BCUT2D eigenvalue weighted by Gasteiger charge is -2.60. The number of rotatable bonds is 4. The Balaban J connectivity index is 1.53. The summed E-state index contributed by atoms with van der Waals surface area (Å²) in [6.07, 6.45) is 14.0. The third kappa shape index (κ3) is 4.07. The van der Waals surface area contributed by atoms with E-state index in [-0.39, 0.29) is 0 Å². The SMILES string of the molecule is C[C@]12CCC3C(CC[C@H]4C=C(O[Si](C)(C)C)CC[C@]34C)C1CC[C@H]2O[Si](C)(C)C. The van der Waals surface area contributed by atoms with Crippen molar-refractivity contribution in [1.82, 2.24) is 0 Å². The summed E-state index contributed by atoms with van der Waals surface area (Å²) < 4.78 is 13.2. The summed E-state index contributed by atoms with van der Waals surface area (Å²) in [6.45, 7) is 19.3. The summed E-state index contributed by atoms with van der Waals surface area (Å²) in [4.78, 5) is 0. The van der Waals surface area contributed by atoms with Crippen LogP contribution < -0.4 is 0 Å². The molecule has 0 aliphatic heterocycles. The Morgan fingerprint density at radius 1 is 0.793 bits per heavy atom. The molecule has 3 saturated carbocycles. The van der Waals surface area contributed by atoms with E-state index >= 15 is 0 Å². The molecule has 0 aromatic carbocycles. The van der Waals surface area contributed by atoms with Crippen LogP contribution >= 0.6 is 0 Å². The fourth-order valence-corrected chi connectivity index (χ4v) is 10.1. The maximum Gasteiger partial charge on any atom is 0.241 e. The largest absolute Gasteiger partial charge is 0.548 e. The lowest BCUT2D eigenvalue weighted by atomic mass is 9.46. The van der Waals surface area contributed by atoms with Crippen LogP contribution in [-0.2, 0) is 8.85 Å². The highest BCUT2D eigenvalue weighted by Crippen LogP contribution is 2.66. The standard InChI is InChI=1S/C25H46O2Si2/c1-24-15-13-19(26-28(3,4)5)17-18(24)9-10-20-21-11-12-23(27-29(6,7)8)25(21,2)16-14-22(20)24/h17-18,20-23H,9-16H2,1-8H3/t18-,20?,21?,22?,23+,24-,25-/m0/s1. The zero-order valence-electron chi connectivity index (χ0n) is 20.4. The van der Waals surface area contributed by atoms with Gasteiger partial charge in [0.25, 0.3) is 0 Å². The second-order valence-electron chi connectivity index (χ2n) is 13.3. The van der Waals surface area contributed by atoms with Crippen molar-refractivity contribution in [2.24, 2.45) is 34.5 Å². The van der Waals surface area contributed by atoms with Crippen LogP contribution in [0.5, 0.6) is 0 Å². The molecule has 0 radical (unpaired) electrons. The minimum Gasteiger partial charge on any atom is -0.548 e. The van der Waals surface area contributed by atoms with Crippen LogP contribution in [0.25, 0.3) is 0 Å². The van der Waals surface area contributed by atoms with E-state index < -0.39 is 16.6 Å². The van der Waals surface area contributed by atoms with Gasteiger partial charge in [-0.25, -0.2) is 0 Å². The highest BCUT2D eigenvalue weighted by atomic mass is 28.4. The van der Waals surface area contributed by atoms with E-state index in [2.05, 4.69) is 59.2 Å². The second-order valence-corrected chi connectivity index (χ2v) is 22.1. The van der Waals surface area contributed by atoms with E-state index in [4.69, 9.17) is 8.85 Å². The lowest BCUT2D eigenvalue weighted by Crippen LogP contribution is -2.54. The van der Waals surface area contributed by atoms with Gasteiger partial charge in [-0.1, -0.05) is 13.8 Å². The zero-order valence-corrected chi connectivity index (χ0v) is 22.4. The molecule has 0 saturated heterocycles. The summed E-state index contributed by atoms with van der Waals surface area (Å²) in [7, 11) is -2.97. The Morgan fingerprint density at radius 3 is 2.14 bits per heavy atom. The first-order valence-corrected chi connectivity index (χ1v) is 19.2. The average Bonchev–Trinajstić information content (AvgIpc) is 2.89. The minimum atomic E-state index is -1.49. The topological polar surface area (TPSA) is 18.5 Å². The van der Waals surface area contributed by atoms with Gasteiger partial charge in [-0.15, -0.1) is 0 Å². The molecule has 7 atom stereocenters. The van der Waals surface area contributed by atoms with Gasteiger partial charge in [0.2, 0.25) is 8.32 Å². The molecule has 0 spiro atoms. The molecule has 4 rings (SSSR count). The molecular formula is C25H46O2Si2. The molecule has 29 heavy (non-hydrogen) atoms. The van der Waals surface area contributed by atoms with Crippen molar-refractivity contribution in [2.45, 2.75) is 111 Å². The Bertz CT molecular complexity index is 661. The number of hydrogen-bond acceptors (Lipinski definition) is 2. The summed E-state index contributed by atoms with van der Waals surface area (Å²) in [6, 6.07) is 0. The van der Waals surface area contributed by atoms with E-state index in [1.165, 1.54) is 57.1 Å². The summed E-state index contributed by atoms with van der Waals surface area (Å²) in [5.74, 6) is 4.80. The van der Waals surface area contributed by atoms with Crippen LogP contribution in [0.2, 0.25) is 39.3 Å². The first kappa shape index (κ1) is 22.1. The van der Waals surface area contributed by atoms with Gasteiger partial charge in [-0.05, 0) is 125 Å². The van der Waals surface area contributed by atoms with E-state index in [0.717, 1.165) is 23.7 Å². The van der Waals surface area contributed by atoms with Crippen LogP contribution in [0.15, 0.2) is 11.8 Å². The molecular weight excluding hydrogens is 388 g/mol. The molecule has 4 heteroatoms. The Kier molecular flexibility index (Phi) is 5.52. The third-order valence-electron chi connectivity index (χ3n) is 9.09. The molecule has 2 nitrogen and oxygen atoms in total. The predicted molar refractivity (Wildman–Crippen MR) is 128 cm³/mol. The zero-order chi connectivity index (χ0) is 21.2. The summed E-state index contributed by atoms with van der Waals surface area (Å²) in [5.41, 5.74) is 0.926. The van der Waals surface area contributed by atoms with Crippen LogP contribution in [-0.4, -0.2) is 22.7 Å². The van der Waals surface area contributed by atoms with Gasteiger partial charge in [0.15, 0.2) is 8.32 Å². The highest BCUT2D eigenvalue weighted by Gasteiger charge is 2.60. The van der Waals surface area contributed by atoms with E-state index in [0.29, 0.717) is 16.9 Å². The Labute approximate surface area is 182 Å². The highest BCUT2D eigenvalue weighted by molar-refractivity contribution is 6.70. The summed E-state index contributed by atoms with van der Waals surface area (Å²) >= 11 is 0. The van der Waals surface area contributed by atoms with Crippen molar-refractivity contribution in [1.29, 1.82) is 0 Å². The molecule has 0 N–H and O–H groups in total. The molecule has 4 aliphatic carbocycles. The molecule has 3 fully saturated rings. The van der Waals surface area contributed by atoms with Gasteiger partial charge < -0.3 is 8.85 Å². The summed E-state index contributed by atoms with van der Waals surface area (Å²) in [5, 5.41) is 0. The predicted octanol–water partition coefficient (Wildman–Crippen LogP) is 7.59. The first-order chi connectivity index (χ1) is 13.3. The third-order valence-corrected chi connectivity index (χ3v) is 11.0. The molecule has 3 unspecified atom stereocenters. The molecule has 166 valence electrons. The molecule has 0 heterocycles. The molecule has 4 aliphatic rings. The van der Waals surface area contributed by atoms with Gasteiger partial charge in [0.05, 0.1) is 11.9 Å². The number of hydrogen-bond donors (Lipinski definition) is 0. The van der Waals surface area contributed by atoms with Crippen molar-refractivity contribution >= 4 is 16.6 Å². The van der Waals surface area contributed by atoms with Crippen molar-refractivity contribution in [3.63, 3.8) is 0 Å². The monoisotopic (exact) mass is 434 g/mol. The van der Waals surface area contributed by atoms with Gasteiger partial charge >= 0.3 is 0 Å². The molecule has 0 aromatic rings. The van der Waals surface area contributed by atoms with E-state index in [1.54, 1.807) is 0 Å². The fourth-order valence-electron chi connectivity index (χ4n) is 7.88. The van der Waals surface area contributed by atoms with Crippen LogP contribution in [0.4, 0.5) is 0 Å².